The van der Waals surface area contributed by atoms with Crippen molar-refractivity contribution >= 4 is 17.6 Å². The number of carboxylic acid groups (broad SMARTS) is 1. The highest BCUT2D eigenvalue weighted by atomic mass is 16.5. The Kier molecular flexibility index (Phi) is 5.96. The molecule has 0 radical (unpaired) electrons. The SMILES string of the molecule is CCCOc1cc(C)ccc1NC(=O)C(C)=C(C)C(=O)O. The molecule has 0 saturated carbocycles. The van der Waals surface area contributed by atoms with Gasteiger partial charge >= 0.3 is 5.97 Å². The van der Waals surface area contributed by atoms with Crippen LogP contribution in [-0.4, -0.2) is 23.6 Å². The van der Waals surface area contributed by atoms with Crippen LogP contribution in [0.15, 0.2) is 29.3 Å². The van der Waals surface area contributed by atoms with Crippen LogP contribution in [0.5, 0.6) is 5.75 Å². The van der Waals surface area contributed by atoms with Crippen LogP contribution in [0.25, 0.3) is 0 Å². The molecular weight excluding hydrogens is 270 g/mol. The van der Waals surface area contributed by atoms with Crippen LogP contribution in [0.4, 0.5) is 5.69 Å². The number of ether oxygens (including phenoxy) is 1. The lowest BCUT2D eigenvalue weighted by Crippen LogP contribution is -2.17. The second kappa shape index (κ2) is 7.47. The first kappa shape index (κ1) is 16.8. The molecule has 1 aromatic rings. The molecule has 0 bridgehead atoms. The summed E-state index contributed by atoms with van der Waals surface area (Å²) in [5, 5.41) is 11.6. The summed E-state index contributed by atoms with van der Waals surface area (Å²) in [7, 11) is 0. The topological polar surface area (TPSA) is 75.6 Å². The molecule has 0 unspecified atom stereocenters. The van der Waals surface area contributed by atoms with Crippen molar-refractivity contribution in [2.24, 2.45) is 0 Å². The standard InChI is InChI=1S/C16H21NO4/c1-5-8-21-14-9-10(2)6-7-13(14)17-15(18)11(3)12(4)16(19)20/h6-7,9H,5,8H2,1-4H3,(H,17,18)(H,19,20). The van der Waals surface area contributed by atoms with Crippen LogP contribution >= 0.6 is 0 Å². The zero-order valence-electron chi connectivity index (χ0n) is 12.8. The monoisotopic (exact) mass is 291 g/mol. The molecule has 0 aromatic heterocycles. The number of nitrogens with one attached hydrogen (secondary N) is 1. The largest absolute Gasteiger partial charge is 0.491 e. The number of hydrogen-bond donors (Lipinski definition) is 2. The van der Waals surface area contributed by atoms with Crippen LogP contribution < -0.4 is 10.1 Å². The molecule has 114 valence electrons. The van der Waals surface area contributed by atoms with Crippen LogP contribution in [-0.2, 0) is 9.59 Å². The molecule has 0 fully saturated rings. The van der Waals surface area contributed by atoms with Gasteiger partial charge in [-0.3, -0.25) is 4.79 Å². The fourth-order valence-electron chi connectivity index (χ4n) is 1.61. The molecule has 1 aromatic carbocycles. The van der Waals surface area contributed by atoms with Gasteiger partial charge in [-0.05, 0) is 44.9 Å². The normalized spacial score (nSPS) is 11.6. The van der Waals surface area contributed by atoms with Crippen molar-refractivity contribution in [1.29, 1.82) is 0 Å². The molecule has 0 aliphatic heterocycles. The third-order valence-corrected chi connectivity index (χ3v) is 3.07. The van der Waals surface area contributed by atoms with Crippen LogP contribution in [0.2, 0.25) is 0 Å². The second-order valence-corrected chi connectivity index (χ2v) is 4.86. The summed E-state index contributed by atoms with van der Waals surface area (Å²) in [6, 6.07) is 5.45. The molecule has 5 nitrogen and oxygen atoms in total. The third kappa shape index (κ3) is 4.63. The Morgan fingerprint density at radius 2 is 1.90 bits per heavy atom. The maximum absolute atomic E-state index is 12.1. The number of carboxylic acids is 1. The van der Waals surface area contributed by atoms with Gasteiger partial charge in [-0.15, -0.1) is 0 Å². The van der Waals surface area contributed by atoms with Gasteiger partial charge in [0.25, 0.3) is 5.91 Å². The minimum absolute atomic E-state index is 0.0237. The zero-order valence-corrected chi connectivity index (χ0v) is 12.8. The van der Waals surface area contributed by atoms with Gasteiger partial charge in [0.1, 0.15) is 5.75 Å². The smallest absolute Gasteiger partial charge is 0.331 e. The zero-order chi connectivity index (χ0) is 16.0. The van der Waals surface area contributed by atoms with Crippen LogP contribution in [0.1, 0.15) is 32.8 Å². The van der Waals surface area contributed by atoms with E-state index in [0.717, 1.165) is 12.0 Å². The summed E-state index contributed by atoms with van der Waals surface area (Å²) in [6.45, 7) is 7.37. The number of aliphatic carboxylic acids is 1. The Hall–Kier alpha value is -2.30. The van der Waals surface area contributed by atoms with E-state index in [1.165, 1.54) is 13.8 Å². The first-order chi connectivity index (χ1) is 9.86. The van der Waals surface area contributed by atoms with E-state index < -0.39 is 11.9 Å². The van der Waals surface area contributed by atoms with Crippen molar-refractivity contribution in [3.63, 3.8) is 0 Å². The Morgan fingerprint density at radius 3 is 2.48 bits per heavy atom. The van der Waals surface area contributed by atoms with E-state index in [0.29, 0.717) is 18.0 Å². The number of aryl methyl sites for hydroxylation is 1. The maximum Gasteiger partial charge on any atom is 0.331 e. The first-order valence-electron chi connectivity index (χ1n) is 6.82. The number of amides is 1. The van der Waals surface area contributed by atoms with Crippen LogP contribution in [0.3, 0.4) is 0 Å². The predicted molar refractivity (Wildman–Crippen MR) is 81.6 cm³/mol. The molecule has 0 aliphatic carbocycles. The van der Waals surface area contributed by atoms with Crippen molar-refractivity contribution in [3.8, 4) is 5.75 Å². The van der Waals surface area contributed by atoms with Crippen molar-refractivity contribution < 1.29 is 19.4 Å². The predicted octanol–water partition coefficient (Wildman–Crippen LogP) is 3.14. The number of benzene rings is 1. The summed E-state index contributed by atoms with van der Waals surface area (Å²) in [6.07, 6.45) is 0.860. The van der Waals surface area contributed by atoms with Gasteiger partial charge in [-0.1, -0.05) is 13.0 Å². The van der Waals surface area contributed by atoms with Gasteiger partial charge in [0, 0.05) is 11.1 Å². The van der Waals surface area contributed by atoms with Crippen molar-refractivity contribution in [2.45, 2.75) is 34.1 Å². The third-order valence-electron chi connectivity index (χ3n) is 3.07. The summed E-state index contributed by atoms with van der Waals surface area (Å²) in [5.41, 5.74) is 1.75. The van der Waals surface area contributed by atoms with Crippen molar-refractivity contribution in [2.75, 3.05) is 11.9 Å². The molecule has 1 amide bonds. The highest BCUT2D eigenvalue weighted by Gasteiger charge is 2.14. The lowest BCUT2D eigenvalue weighted by atomic mass is 10.1. The summed E-state index contributed by atoms with van der Waals surface area (Å²) < 4.78 is 5.61. The molecule has 5 heteroatoms. The Balaban J connectivity index is 2.99. The quantitative estimate of drug-likeness (QED) is 0.789. The molecule has 1 rings (SSSR count). The highest BCUT2D eigenvalue weighted by molar-refractivity contribution is 6.08. The highest BCUT2D eigenvalue weighted by Crippen LogP contribution is 2.26. The molecule has 0 aliphatic rings. The minimum Gasteiger partial charge on any atom is -0.491 e. The molecule has 0 heterocycles. The molecule has 2 N–H and O–H groups in total. The maximum atomic E-state index is 12.1. The Bertz CT molecular complexity index is 576. The number of hydrogen-bond acceptors (Lipinski definition) is 3. The fraction of sp³-hybridized carbons (Fsp3) is 0.375. The minimum atomic E-state index is -1.10. The van der Waals surface area contributed by atoms with E-state index in [-0.39, 0.29) is 11.1 Å². The summed E-state index contributed by atoms with van der Waals surface area (Å²) in [4.78, 5) is 23.0. The van der Waals surface area contributed by atoms with Crippen LogP contribution in [0, 0.1) is 6.92 Å². The number of carbonyl (C=O) groups excluding carboxylic acids is 1. The fourth-order valence-corrected chi connectivity index (χ4v) is 1.61. The van der Waals surface area contributed by atoms with Gasteiger partial charge < -0.3 is 15.2 Å². The van der Waals surface area contributed by atoms with Gasteiger partial charge in [0.05, 0.1) is 12.3 Å². The Morgan fingerprint density at radius 1 is 1.24 bits per heavy atom. The number of rotatable bonds is 6. The van der Waals surface area contributed by atoms with E-state index in [4.69, 9.17) is 9.84 Å². The molecular formula is C16H21NO4. The molecule has 0 spiro atoms. The Labute approximate surface area is 124 Å². The van der Waals surface area contributed by atoms with Crippen molar-refractivity contribution in [3.05, 3.63) is 34.9 Å². The summed E-state index contributed by atoms with van der Waals surface area (Å²) in [5.74, 6) is -0.958. The molecule has 0 saturated heterocycles. The summed E-state index contributed by atoms with van der Waals surface area (Å²) >= 11 is 0. The van der Waals surface area contributed by atoms with Gasteiger partial charge in [-0.2, -0.15) is 0 Å². The second-order valence-electron chi connectivity index (χ2n) is 4.86. The van der Waals surface area contributed by atoms with Gasteiger partial charge in [0.2, 0.25) is 0 Å². The van der Waals surface area contributed by atoms with E-state index in [2.05, 4.69) is 5.32 Å². The van der Waals surface area contributed by atoms with Crippen molar-refractivity contribution in [1.82, 2.24) is 0 Å². The van der Waals surface area contributed by atoms with Gasteiger partial charge in [0.15, 0.2) is 0 Å². The van der Waals surface area contributed by atoms with E-state index in [1.54, 1.807) is 6.07 Å². The number of carbonyl (C=O) groups is 2. The molecule has 0 atom stereocenters. The average molecular weight is 291 g/mol. The first-order valence-corrected chi connectivity index (χ1v) is 6.82. The lowest BCUT2D eigenvalue weighted by molar-refractivity contribution is -0.133. The molecule has 21 heavy (non-hydrogen) atoms. The van der Waals surface area contributed by atoms with E-state index in [9.17, 15) is 9.59 Å². The van der Waals surface area contributed by atoms with E-state index >= 15 is 0 Å². The lowest BCUT2D eigenvalue weighted by Gasteiger charge is -2.13. The number of anilines is 1. The van der Waals surface area contributed by atoms with E-state index in [1.807, 2.05) is 26.0 Å². The van der Waals surface area contributed by atoms with Gasteiger partial charge in [-0.25, -0.2) is 4.79 Å². The average Bonchev–Trinajstić information content (AvgIpc) is 2.45.